The van der Waals surface area contributed by atoms with Crippen molar-refractivity contribution in [1.82, 2.24) is 5.32 Å². The van der Waals surface area contributed by atoms with E-state index in [-0.39, 0.29) is 12.1 Å². The molecular weight excluding hydrogens is 285 g/mol. The zero-order valence-corrected chi connectivity index (χ0v) is 13.1. The molecule has 19 heavy (non-hydrogen) atoms. The normalized spacial score (nSPS) is 11.7. The Bertz CT molecular complexity index is 399. The van der Waals surface area contributed by atoms with Crippen LogP contribution in [0, 0.1) is 0 Å². The van der Waals surface area contributed by atoms with Gasteiger partial charge in [0.05, 0.1) is 23.3 Å². The predicted molar refractivity (Wildman–Crippen MR) is 80.3 cm³/mol. The molecule has 108 valence electrons. The highest BCUT2D eigenvalue weighted by molar-refractivity contribution is 6.37. The Labute approximate surface area is 124 Å². The lowest BCUT2D eigenvalue weighted by atomic mass is 10.1. The van der Waals surface area contributed by atoms with Gasteiger partial charge in [0, 0.05) is 12.1 Å². The van der Waals surface area contributed by atoms with Gasteiger partial charge in [-0.15, -0.1) is 0 Å². The van der Waals surface area contributed by atoms with Crippen molar-refractivity contribution in [2.45, 2.75) is 39.3 Å². The van der Waals surface area contributed by atoms with Crippen LogP contribution in [0.5, 0.6) is 5.75 Å². The first-order valence-electron chi connectivity index (χ1n) is 6.36. The number of ether oxygens (including phenoxy) is 1. The van der Waals surface area contributed by atoms with Crippen LogP contribution in [0.1, 0.15) is 32.8 Å². The average Bonchev–Trinajstić information content (AvgIpc) is 2.36. The number of halogens is 2. The summed E-state index contributed by atoms with van der Waals surface area (Å²) in [5.41, 5.74) is 0.622. The number of hydrogen-bond acceptors (Lipinski definition) is 3. The molecule has 0 radical (unpaired) electrons. The van der Waals surface area contributed by atoms with Crippen LogP contribution in [-0.2, 0) is 6.54 Å². The Morgan fingerprint density at radius 3 is 2.32 bits per heavy atom. The van der Waals surface area contributed by atoms with Gasteiger partial charge in [-0.2, -0.15) is 0 Å². The van der Waals surface area contributed by atoms with Gasteiger partial charge in [0.2, 0.25) is 0 Å². The molecule has 0 aliphatic rings. The molecule has 2 N–H and O–H groups in total. The molecule has 0 fully saturated rings. The highest BCUT2D eigenvalue weighted by Gasteiger charge is 2.16. The van der Waals surface area contributed by atoms with E-state index < -0.39 is 0 Å². The fraction of sp³-hybridized carbons (Fsp3) is 0.571. The minimum Gasteiger partial charge on any atom is -0.490 e. The molecule has 0 spiro atoms. The van der Waals surface area contributed by atoms with Gasteiger partial charge >= 0.3 is 0 Å². The smallest absolute Gasteiger partial charge is 0.156 e. The molecule has 0 saturated carbocycles. The van der Waals surface area contributed by atoms with Crippen LogP contribution in [0.25, 0.3) is 0 Å². The third-order valence-electron chi connectivity index (χ3n) is 2.67. The fourth-order valence-electron chi connectivity index (χ4n) is 1.45. The summed E-state index contributed by atoms with van der Waals surface area (Å²) in [6.07, 6.45) is 0.903. The molecule has 0 bridgehead atoms. The molecule has 0 aliphatic heterocycles. The van der Waals surface area contributed by atoms with E-state index in [1.165, 1.54) is 0 Å². The summed E-state index contributed by atoms with van der Waals surface area (Å²) in [4.78, 5) is 0. The maximum atomic E-state index is 9.19. The second-order valence-electron chi connectivity index (χ2n) is 5.13. The summed E-state index contributed by atoms with van der Waals surface area (Å²) in [6.45, 7) is 7.11. The molecule has 1 rings (SSSR count). The molecule has 5 heteroatoms. The van der Waals surface area contributed by atoms with Crippen molar-refractivity contribution in [1.29, 1.82) is 0 Å². The van der Waals surface area contributed by atoms with E-state index in [0.29, 0.717) is 28.9 Å². The van der Waals surface area contributed by atoms with Gasteiger partial charge in [-0.25, -0.2) is 0 Å². The summed E-state index contributed by atoms with van der Waals surface area (Å²) in [7, 11) is 0. The standard InChI is InChI=1S/C14H21Cl2NO2/c1-4-5-19-13-11(15)6-10(7-12(13)16)8-17-14(2,3)9-18/h6-7,17-18H,4-5,8-9H2,1-3H3. The SMILES string of the molecule is CCCOc1c(Cl)cc(CNC(C)(C)CO)cc1Cl. The summed E-state index contributed by atoms with van der Waals surface area (Å²) in [5.74, 6) is 0.537. The molecule has 0 unspecified atom stereocenters. The van der Waals surface area contributed by atoms with Crippen molar-refractivity contribution in [3.05, 3.63) is 27.7 Å². The number of rotatable bonds is 7. The summed E-state index contributed by atoms with van der Waals surface area (Å²) in [6, 6.07) is 3.66. The zero-order valence-electron chi connectivity index (χ0n) is 11.6. The van der Waals surface area contributed by atoms with Crippen LogP contribution >= 0.6 is 23.2 Å². The maximum absolute atomic E-state index is 9.19. The third-order valence-corrected chi connectivity index (χ3v) is 3.24. The van der Waals surface area contributed by atoms with Gasteiger partial charge < -0.3 is 15.2 Å². The lowest BCUT2D eigenvalue weighted by Gasteiger charge is -2.23. The first-order valence-corrected chi connectivity index (χ1v) is 7.12. The molecule has 0 amide bonds. The third kappa shape index (κ3) is 5.19. The van der Waals surface area contributed by atoms with E-state index in [4.69, 9.17) is 27.9 Å². The van der Waals surface area contributed by atoms with E-state index in [0.717, 1.165) is 12.0 Å². The van der Waals surface area contributed by atoms with E-state index in [1.54, 1.807) is 0 Å². The number of hydrogen-bond donors (Lipinski definition) is 2. The Morgan fingerprint density at radius 1 is 1.26 bits per heavy atom. The van der Waals surface area contributed by atoms with Gasteiger partial charge in [-0.05, 0) is 38.0 Å². The lowest BCUT2D eigenvalue weighted by molar-refractivity contribution is 0.187. The topological polar surface area (TPSA) is 41.5 Å². The number of benzene rings is 1. The molecule has 3 nitrogen and oxygen atoms in total. The Kier molecular flexibility index (Phi) is 6.40. The largest absolute Gasteiger partial charge is 0.490 e. The van der Waals surface area contributed by atoms with Crippen LogP contribution in [0.15, 0.2) is 12.1 Å². The fourth-order valence-corrected chi connectivity index (χ4v) is 2.10. The summed E-state index contributed by atoms with van der Waals surface area (Å²) >= 11 is 12.3. The van der Waals surface area contributed by atoms with Gasteiger partial charge in [0.1, 0.15) is 0 Å². The highest BCUT2D eigenvalue weighted by Crippen LogP contribution is 2.34. The van der Waals surface area contributed by atoms with E-state index in [1.807, 2.05) is 32.9 Å². The van der Waals surface area contributed by atoms with Crippen LogP contribution in [0.4, 0.5) is 0 Å². The van der Waals surface area contributed by atoms with E-state index in [2.05, 4.69) is 5.32 Å². The van der Waals surface area contributed by atoms with Crippen LogP contribution in [0.3, 0.4) is 0 Å². The second kappa shape index (κ2) is 7.34. The van der Waals surface area contributed by atoms with Crippen LogP contribution in [-0.4, -0.2) is 23.9 Å². The zero-order chi connectivity index (χ0) is 14.5. The number of aliphatic hydroxyl groups excluding tert-OH is 1. The molecule has 0 aliphatic carbocycles. The monoisotopic (exact) mass is 305 g/mol. The quantitative estimate of drug-likeness (QED) is 0.808. The molecule has 0 heterocycles. The minimum atomic E-state index is -0.337. The highest BCUT2D eigenvalue weighted by atomic mass is 35.5. The van der Waals surface area contributed by atoms with E-state index >= 15 is 0 Å². The van der Waals surface area contributed by atoms with Crippen molar-refractivity contribution in [3.63, 3.8) is 0 Å². The summed E-state index contributed by atoms with van der Waals surface area (Å²) in [5, 5.41) is 13.4. The Balaban J connectivity index is 2.77. The molecule has 0 saturated heterocycles. The van der Waals surface area contributed by atoms with Crippen molar-refractivity contribution >= 4 is 23.2 Å². The first kappa shape index (κ1) is 16.6. The van der Waals surface area contributed by atoms with Crippen LogP contribution < -0.4 is 10.1 Å². The predicted octanol–water partition coefficient (Wildman–Crippen LogP) is 3.64. The van der Waals surface area contributed by atoms with Crippen molar-refractivity contribution in [3.8, 4) is 5.75 Å². The Morgan fingerprint density at radius 2 is 1.84 bits per heavy atom. The molecule has 1 aromatic carbocycles. The number of nitrogens with one attached hydrogen (secondary N) is 1. The number of aliphatic hydroxyl groups is 1. The lowest BCUT2D eigenvalue weighted by Crippen LogP contribution is -2.42. The van der Waals surface area contributed by atoms with Gasteiger partial charge in [-0.1, -0.05) is 30.1 Å². The van der Waals surface area contributed by atoms with Crippen molar-refractivity contribution in [2.24, 2.45) is 0 Å². The molecule has 0 atom stereocenters. The van der Waals surface area contributed by atoms with Gasteiger partial charge in [0.15, 0.2) is 5.75 Å². The average molecular weight is 306 g/mol. The Hall–Kier alpha value is -0.480. The maximum Gasteiger partial charge on any atom is 0.156 e. The second-order valence-corrected chi connectivity index (χ2v) is 5.95. The first-order chi connectivity index (χ1) is 8.89. The van der Waals surface area contributed by atoms with Gasteiger partial charge in [0.25, 0.3) is 0 Å². The summed E-state index contributed by atoms with van der Waals surface area (Å²) < 4.78 is 5.51. The minimum absolute atomic E-state index is 0.0617. The van der Waals surface area contributed by atoms with Crippen LogP contribution in [0.2, 0.25) is 10.0 Å². The molecular formula is C14H21Cl2NO2. The van der Waals surface area contributed by atoms with Gasteiger partial charge in [-0.3, -0.25) is 0 Å². The molecule has 0 aromatic heterocycles. The van der Waals surface area contributed by atoms with E-state index in [9.17, 15) is 5.11 Å². The van der Waals surface area contributed by atoms with Crippen molar-refractivity contribution < 1.29 is 9.84 Å². The molecule has 1 aromatic rings. The van der Waals surface area contributed by atoms with Crippen molar-refractivity contribution in [2.75, 3.05) is 13.2 Å².